The summed E-state index contributed by atoms with van der Waals surface area (Å²) >= 11 is 0. The lowest BCUT2D eigenvalue weighted by Crippen LogP contribution is -2.13. The lowest BCUT2D eigenvalue weighted by molar-refractivity contribution is -0.138. The maximum Gasteiger partial charge on any atom is 0.417 e. The molecule has 1 aromatic rings. The van der Waals surface area contributed by atoms with Crippen molar-refractivity contribution in [2.45, 2.75) is 6.18 Å². The highest BCUT2D eigenvalue weighted by molar-refractivity contribution is 5.90. The number of carbonyl (C=O) groups is 1. The van der Waals surface area contributed by atoms with Crippen LogP contribution in [0.2, 0.25) is 0 Å². The summed E-state index contributed by atoms with van der Waals surface area (Å²) in [4.78, 5) is 10.7. The largest absolute Gasteiger partial charge is 0.491 e. The number of rotatable bonds is 4. The molecule has 94 valence electrons. The zero-order valence-electron chi connectivity index (χ0n) is 8.49. The van der Waals surface area contributed by atoms with Crippen molar-refractivity contribution >= 4 is 5.97 Å². The topological polar surface area (TPSA) is 66.8 Å². The highest BCUT2D eigenvalue weighted by Gasteiger charge is 2.35. The predicted molar refractivity (Wildman–Crippen MR) is 51.0 cm³/mol. The molecule has 0 bridgehead atoms. The van der Waals surface area contributed by atoms with Crippen LogP contribution in [0.15, 0.2) is 18.2 Å². The molecular weight excluding hydrogens is 241 g/mol. The quantitative estimate of drug-likeness (QED) is 0.854. The maximum atomic E-state index is 12.4. The van der Waals surface area contributed by atoms with E-state index in [1.165, 1.54) is 0 Å². The van der Waals surface area contributed by atoms with Gasteiger partial charge in [-0.15, -0.1) is 0 Å². The molecule has 0 spiro atoms. The Kier molecular flexibility index (Phi) is 3.95. The fraction of sp³-hybridized carbons (Fsp3) is 0.300. The van der Waals surface area contributed by atoms with Crippen molar-refractivity contribution in [3.63, 3.8) is 0 Å². The van der Waals surface area contributed by atoms with Crippen molar-refractivity contribution < 1.29 is 32.9 Å². The Morgan fingerprint density at radius 3 is 2.47 bits per heavy atom. The van der Waals surface area contributed by atoms with Crippen molar-refractivity contribution in [2.75, 3.05) is 13.2 Å². The Morgan fingerprint density at radius 1 is 1.35 bits per heavy atom. The number of carboxylic acid groups (broad SMARTS) is 1. The van der Waals surface area contributed by atoms with Gasteiger partial charge in [0.2, 0.25) is 0 Å². The minimum absolute atomic E-state index is 0.0375. The van der Waals surface area contributed by atoms with Crippen molar-refractivity contribution in [3.05, 3.63) is 29.3 Å². The number of alkyl halides is 3. The van der Waals surface area contributed by atoms with Crippen LogP contribution in [0, 0.1) is 0 Å². The predicted octanol–water partition coefficient (Wildman–Crippen LogP) is 1.77. The smallest absolute Gasteiger partial charge is 0.417 e. The molecule has 0 unspecified atom stereocenters. The van der Waals surface area contributed by atoms with Gasteiger partial charge in [-0.2, -0.15) is 13.2 Å². The van der Waals surface area contributed by atoms with E-state index in [9.17, 15) is 18.0 Å². The third-order valence-electron chi connectivity index (χ3n) is 1.89. The number of aliphatic hydroxyl groups excluding tert-OH is 1. The molecule has 0 fully saturated rings. The second kappa shape index (κ2) is 5.05. The van der Waals surface area contributed by atoms with Crippen molar-refractivity contribution in [1.82, 2.24) is 0 Å². The van der Waals surface area contributed by atoms with Crippen LogP contribution in [-0.4, -0.2) is 29.4 Å². The first-order valence-corrected chi connectivity index (χ1v) is 4.54. The Hall–Kier alpha value is -1.76. The van der Waals surface area contributed by atoms with Crippen LogP contribution < -0.4 is 4.74 Å². The number of benzene rings is 1. The van der Waals surface area contributed by atoms with E-state index in [0.29, 0.717) is 6.07 Å². The van der Waals surface area contributed by atoms with E-state index in [1.54, 1.807) is 0 Å². The number of hydrogen-bond acceptors (Lipinski definition) is 3. The summed E-state index contributed by atoms with van der Waals surface area (Å²) in [5.74, 6) is -1.73. The van der Waals surface area contributed by atoms with Gasteiger partial charge >= 0.3 is 12.1 Å². The van der Waals surface area contributed by atoms with Crippen LogP contribution in [0.3, 0.4) is 0 Å². The molecule has 0 radical (unpaired) electrons. The Balaban J connectivity index is 3.13. The van der Waals surface area contributed by atoms with Gasteiger partial charge in [0.1, 0.15) is 12.4 Å². The van der Waals surface area contributed by atoms with Gasteiger partial charge in [-0.05, 0) is 18.2 Å². The normalized spacial score (nSPS) is 11.3. The van der Waals surface area contributed by atoms with Crippen LogP contribution in [-0.2, 0) is 6.18 Å². The van der Waals surface area contributed by atoms with E-state index in [2.05, 4.69) is 0 Å². The Morgan fingerprint density at radius 2 is 2.00 bits per heavy atom. The van der Waals surface area contributed by atoms with Gasteiger partial charge in [0.05, 0.1) is 17.7 Å². The first-order valence-electron chi connectivity index (χ1n) is 4.54. The standard InChI is InChI=1S/C10H9F3O4/c11-10(12,13)8-2-1-6(17-4-3-14)5-7(8)9(15)16/h1-2,5,14H,3-4H2,(H,15,16). The fourth-order valence-electron chi connectivity index (χ4n) is 1.20. The SMILES string of the molecule is O=C(O)c1cc(OCCO)ccc1C(F)(F)F. The van der Waals surface area contributed by atoms with E-state index in [4.69, 9.17) is 14.9 Å². The van der Waals surface area contributed by atoms with E-state index >= 15 is 0 Å². The number of carboxylic acids is 1. The van der Waals surface area contributed by atoms with Gasteiger partial charge in [0.15, 0.2) is 0 Å². The summed E-state index contributed by atoms with van der Waals surface area (Å²) in [6.07, 6.45) is -4.73. The van der Waals surface area contributed by atoms with Crippen LogP contribution in [0.1, 0.15) is 15.9 Å². The number of hydrogen-bond donors (Lipinski definition) is 2. The average molecular weight is 250 g/mol. The Bertz CT molecular complexity index is 415. The van der Waals surface area contributed by atoms with Crippen molar-refractivity contribution in [2.24, 2.45) is 0 Å². The Labute approximate surface area is 94.3 Å². The third-order valence-corrected chi connectivity index (χ3v) is 1.89. The molecule has 0 aliphatic heterocycles. The van der Waals surface area contributed by atoms with Crippen molar-refractivity contribution in [3.8, 4) is 5.75 Å². The lowest BCUT2D eigenvalue weighted by atomic mass is 10.1. The first kappa shape index (κ1) is 13.3. The zero-order valence-corrected chi connectivity index (χ0v) is 8.49. The molecule has 0 saturated heterocycles. The third kappa shape index (κ3) is 3.35. The van der Waals surface area contributed by atoms with E-state index in [-0.39, 0.29) is 19.0 Å². The highest BCUT2D eigenvalue weighted by atomic mass is 19.4. The molecule has 0 heterocycles. The second-order valence-electron chi connectivity index (χ2n) is 3.08. The maximum absolute atomic E-state index is 12.4. The number of aliphatic hydroxyl groups is 1. The summed E-state index contributed by atoms with van der Waals surface area (Å²) in [5.41, 5.74) is -2.12. The molecule has 0 aliphatic carbocycles. The second-order valence-corrected chi connectivity index (χ2v) is 3.08. The summed E-state index contributed by atoms with van der Waals surface area (Å²) in [7, 11) is 0. The highest BCUT2D eigenvalue weighted by Crippen LogP contribution is 2.33. The van der Waals surface area contributed by atoms with Gasteiger partial charge in [-0.1, -0.05) is 0 Å². The first-order chi connectivity index (χ1) is 7.86. The van der Waals surface area contributed by atoms with E-state index < -0.39 is 23.3 Å². The molecule has 1 rings (SSSR count). The number of halogens is 3. The molecule has 1 aromatic carbocycles. The summed E-state index contributed by atoms with van der Waals surface area (Å²) < 4.78 is 42.2. The lowest BCUT2D eigenvalue weighted by Gasteiger charge is -2.12. The van der Waals surface area contributed by atoms with Gasteiger partial charge in [0.25, 0.3) is 0 Å². The van der Waals surface area contributed by atoms with Crippen LogP contribution >= 0.6 is 0 Å². The molecule has 0 saturated carbocycles. The molecule has 2 N–H and O–H groups in total. The van der Waals surface area contributed by atoms with E-state index in [1.807, 2.05) is 0 Å². The van der Waals surface area contributed by atoms with Gasteiger partial charge in [0, 0.05) is 0 Å². The molecule has 0 aromatic heterocycles. The zero-order chi connectivity index (χ0) is 13.1. The van der Waals surface area contributed by atoms with Gasteiger partial charge < -0.3 is 14.9 Å². The van der Waals surface area contributed by atoms with E-state index in [0.717, 1.165) is 12.1 Å². The number of aromatic carboxylic acids is 1. The van der Waals surface area contributed by atoms with Crippen molar-refractivity contribution in [1.29, 1.82) is 0 Å². The molecule has 7 heteroatoms. The molecule has 0 atom stereocenters. The molecule has 4 nitrogen and oxygen atoms in total. The average Bonchev–Trinajstić information content (AvgIpc) is 2.24. The van der Waals surface area contributed by atoms with Gasteiger partial charge in [-0.25, -0.2) is 4.79 Å². The molecule has 17 heavy (non-hydrogen) atoms. The fourth-order valence-corrected chi connectivity index (χ4v) is 1.20. The minimum Gasteiger partial charge on any atom is -0.491 e. The summed E-state index contributed by atoms with van der Waals surface area (Å²) in [6.45, 7) is -0.437. The number of ether oxygens (including phenoxy) is 1. The van der Waals surface area contributed by atoms with Crippen LogP contribution in [0.4, 0.5) is 13.2 Å². The van der Waals surface area contributed by atoms with Crippen LogP contribution in [0.25, 0.3) is 0 Å². The summed E-state index contributed by atoms with van der Waals surface area (Å²) in [6, 6.07) is 2.42. The van der Waals surface area contributed by atoms with Gasteiger partial charge in [-0.3, -0.25) is 0 Å². The molecule has 0 amide bonds. The molecule has 0 aliphatic rings. The van der Waals surface area contributed by atoms with Crippen LogP contribution in [0.5, 0.6) is 5.75 Å². The monoisotopic (exact) mass is 250 g/mol. The summed E-state index contributed by atoms with van der Waals surface area (Å²) in [5, 5.41) is 17.1. The minimum atomic E-state index is -4.73. The molecular formula is C10H9F3O4.